The van der Waals surface area contributed by atoms with Crippen LogP contribution in [0.5, 0.6) is 0 Å². The molecule has 1 aromatic rings. The van der Waals surface area contributed by atoms with Gasteiger partial charge >= 0.3 is 0 Å². The Morgan fingerprint density at radius 2 is 2.10 bits per heavy atom. The second-order valence-electron chi connectivity index (χ2n) is 6.60. The summed E-state index contributed by atoms with van der Waals surface area (Å²) in [5, 5.41) is 13.4. The van der Waals surface area contributed by atoms with Crippen molar-refractivity contribution in [1.29, 1.82) is 0 Å². The molecule has 1 atom stereocenters. The molecule has 1 heterocycles. The lowest BCUT2D eigenvalue weighted by molar-refractivity contribution is -0.127. The van der Waals surface area contributed by atoms with Gasteiger partial charge in [-0.2, -0.15) is 0 Å². The summed E-state index contributed by atoms with van der Waals surface area (Å²) < 4.78 is 0. The molecule has 1 saturated carbocycles. The molecule has 0 aliphatic heterocycles. The fourth-order valence-electron chi connectivity index (χ4n) is 3.11. The van der Waals surface area contributed by atoms with Crippen molar-refractivity contribution in [3.63, 3.8) is 0 Å². The second kappa shape index (κ2) is 6.56. The summed E-state index contributed by atoms with van der Waals surface area (Å²) in [4.78, 5) is 16.7. The van der Waals surface area contributed by atoms with Crippen LogP contribution in [0.4, 0.5) is 0 Å². The maximum Gasteiger partial charge on any atom is 0.223 e. The van der Waals surface area contributed by atoms with Gasteiger partial charge in [0.2, 0.25) is 5.91 Å². The van der Waals surface area contributed by atoms with Gasteiger partial charge < -0.3 is 10.4 Å². The van der Waals surface area contributed by atoms with E-state index >= 15 is 0 Å². The first-order chi connectivity index (χ1) is 9.91. The van der Waals surface area contributed by atoms with Gasteiger partial charge in [0.25, 0.3) is 0 Å². The largest absolute Gasteiger partial charge is 0.389 e. The Bertz CT molecular complexity index is 493. The summed E-state index contributed by atoms with van der Waals surface area (Å²) in [7, 11) is 0. The SMILES string of the molecule is Cc1cccnc1C(NC(=O)CC1(O)CCCC1)C(C)C. The number of aliphatic hydroxyl groups is 1. The van der Waals surface area contributed by atoms with E-state index in [9.17, 15) is 9.90 Å². The Labute approximate surface area is 127 Å². The van der Waals surface area contributed by atoms with E-state index in [-0.39, 0.29) is 24.3 Å². The van der Waals surface area contributed by atoms with Crippen molar-refractivity contribution < 1.29 is 9.90 Å². The van der Waals surface area contributed by atoms with Crippen LogP contribution < -0.4 is 5.32 Å². The van der Waals surface area contributed by atoms with Crippen molar-refractivity contribution >= 4 is 5.91 Å². The molecule has 116 valence electrons. The molecule has 0 bridgehead atoms. The number of pyridine rings is 1. The molecule has 1 aliphatic rings. The molecule has 0 saturated heterocycles. The first-order valence-electron chi connectivity index (χ1n) is 7.84. The first-order valence-corrected chi connectivity index (χ1v) is 7.84. The fraction of sp³-hybridized carbons (Fsp3) is 0.647. The van der Waals surface area contributed by atoms with E-state index in [1.165, 1.54) is 0 Å². The van der Waals surface area contributed by atoms with E-state index in [1.54, 1.807) is 6.20 Å². The zero-order chi connectivity index (χ0) is 15.5. The molecule has 1 aromatic heterocycles. The summed E-state index contributed by atoms with van der Waals surface area (Å²) >= 11 is 0. The number of carbonyl (C=O) groups excluding carboxylic acids is 1. The van der Waals surface area contributed by atoms with Gasteiger partial charge in [0.1, 0.15) is 0 Å². The van der Waals surface area contributed by atoms with E-state index < -0.39 is 5.60 Å². The minimum Gasteiger partial charge on any atom is -0.389 e. The zero-order valence-electron chi connectivity index (χ0n) is 13.2. The number of nitrogens with zero attached hydrogens (tertiary/aromatic N) is 1. The van der Waals surface area contributed by atoms with Crippen molar-refractivity contribution in [1.82, 2.24) is 10.3 Å². The van der Waals surface area contributed by atoms with Gasteiger partial charge in [-0.15, -0.1) is 0 Å². The summed E-state index contributed by atoms with van der Waals surface area (Å²) in [6.07, 6.45) is 5.44. The normalized spacial score (nSPS) is 18.7. The van der Waals surface area contributed by atoms with Crippen LogP contribution in [0, 0.1) is 12.8 Å². The lowest BCUT2D eigenvalue weighted by Crippen LogP contribution is -2.38. The number of nitrogens with one attached hydrogen (secondary N) is 1. The summed E-state index contributed by atoms with van der Waals surface area (Å²) in [5.41, 5.74) is 1.19. The topological polar surface area (TPSA) is 62.2 Å². The van der Waals surface area contributed by atoms with Gasteiger partial charge in [-0.05, 0) is 37.3 Å². The number of amides is 1. The highest BCUT2D eigenvalue weighted by molar-refractivity contribution is 5.77. The maximum atomic E-state index is 12.3. The predicted octanol–water partition coefficient (Wildman–Crippen LogP) is 2.90. The molecule has 4 nitrogen and oxygen atoms in total. The number of rotatable bonds is 5. The van der Waals surface area contributed by atoms with Crippen LogP contribution in [0.2, 0.25) is 0 Å². The molecule has 1 aliphatic carbocycles. The molecule has 2 N–H and O–H groups in total. The molecule has 1 fully saturated rings. The van der Waals surface area contributed by atoms with E-state index in [0.29, 0.717) is 0 Å². The van der Waals surface area contributed by atoms with Crippen molar-refractivity contribution in [2.45, 2.75) is 64.5 Å². The van der Waals surface area contributed by atoms with Crippen molar-refractivity contribution in [3.8, 4) is 0 Å². The standard InChI is InChI=1S/C17H26N2O2/c1-12(2)15(16-13(3)7-6-10-18-16)19-14(20)11-17(21)8-4-5-9-17/h6-7,10,12,15,21H,4-5,8-9,11H2,1-3H3,(H,19,20). The predicted molar refractivity (Wildman–Crippen MR) is 82.7 cm³/mol. The number of hydrogen-bond acceptors (Lipinski definition) is 3. The van der Waals surface area contributed by atoms with E-state index in [1.807, 2.05) is 19.1 Å². The zero-order valence-corrected chi connectivity index (χ0v) is 13.2. The average molecular weight is 290 g/mol. The molecule has 1 unspecified atom stereocenters. The monoisotopic (exact) mass is 290 g/mol. The maximum absolute atomic E-state index is 12.3. The molecule has 0 spiro atoms. The van der Waals surface area contributed by atoms with E-state index in [0.717, 1.165) is 36.9 Å². The molecule has 0 aromatic carbocycles. The molecular formula is C17H26N2O2. The Hall–Kier alpha value is -1.42. The lowest BCUT2D eigenvalue weighted by atomic mass is 9.94. The van der Waals surface area contributed by atoms with Gasteiger partial charge in [-0.3, -0.25) is 9.78 Å². The van der Waals surface area contributed by atoms with Crippen LogP contribution in [0.1, 0.15) is 63.3 Å². The van der Waals surface area contributed by atoms with Gasteiger partial charge in [-0.1, -0.05) is 32.8 Å². The Kier molecular flexibility index (Phi) is 4.99. The number of aromatic nitrogens is 1. The Morgan fingerprint density at radius 3 is 2.67 bits per heavy atom. The van der Waals surface area contributed by atoms with Crippen LogP contribution in [-0.2, 0) is 4.79 Å². The summed E-state index contributed by atoms with van der Waals surface area (Å²) in [6.45, 7) is 6.15. The van der Waals surface area contributed by atoms with Crippen molar-refractivity contribution in [2.24, 2.45) is 5.92 Å². The fourth-order valence-corrected chi connectivity index (χ4v) is 3.11. The Morgan fingerprint density at radius 1 is 1.43 bits per heavy atom. The quantitative estimate of drug-likeness (QED) is 0.876. The Balaban J connectivity index is 2.06. The molecule has 2 rings (SSSR count). The minimum absolute atomic E-state index is 0.0804. The third kappa shape index (κ3) is 4.03. The third-order valence-corrected chi connectivity index (χ3v) is 4.35. The second-order valence-corrected chi connectivity index (χ2v) is 6.60. The van der Waals surface area contributed by atoms with Crippen molar-refractivity contribution in [2.75, 3.05) is 0 Å². The number of hydrogen-bond donors (Lipinski definition) is 2. The van der Waals surface area contributed by atoms with Crippen LogP contribution in [0.3, 0.4) is 0 Å². The molecular weight excluding hydrogens is 264 g/mol. The highest BCUT2D eigenvalue weighted by Gasteiger charge is 2.34. The molecule has 0 radical (unpaired) electrons. The van der Waals surface area contributed by atoms with Crippen molar-refractivity contribution in [3.05, 3.63) is 29.6 Å². The van der Waals surface area contributed by atoms with Crippen LogP contribution in [-0.4, -0.2) is 21.6 Å². The number of aryl methyl sites for hydroxylation is 1. The summed E-state index contributed by atoms with van der Waals surface area (Å²) in [5.74, 6) is 0.170. The van der Waals surface area contributed by atoms with Crippen LogP contribution >= 0.6 is 0 Å². The third-order valence-electron chi connectivity index (χ3n) is 4.35. The summed E-state index contributed by atoms with van der Waals surface area (Å²) in [6, 6.07) is 3.80. The van der Waals surface area contributed by atoms with E-state index in [2.05, 4.69) is 24.1 Å². The highest BCUT2D eigenvalue weighted by Crippen LogP contribution is 2.32. The van der Waals surface area contributed by atoms with Gasteiger partial charge in [0.05, 0.1) is 23.8 Å². The number of carbonyl (C=O) groups is 1. The van der Waals surface area contributed by atoms with E-state index in [4.69, 9.17) is 0 Å². The molecule has 4 heteroatoms. The highest BCUT2D eigenvalue weighted by atomic mass is 16.3. The first kappa shape index (κ1) is 16.0. The van der Waals surface area contributed by atoms with Gasteiger partial charge in [0, 0.05) is 6.20 Å². The van der Waals surface area contributed by atoms with Gasteiger partial charge in [0.15, 0.2) is 0 Å². The molecule has 21 heavy (non-hydrogen) atoms. The lowest BCUT2D eigenvalue weighted by Gasteiger charge is -2.26. The minimum atomic E-state index is -0.801. The van der Waals surface area contributed by atoms with Gasteiger partial charge in [-0.25, -0.2) is 0 Å². The average Bonchev–Trinajstić information content (AvgIpc) is 2.83. The van der Waals surface area contributed by atoms with Crippen LogP contribution in [0.15, 0.2) is 18.3 Å². The molecule has 1 amide bonds. The smallest absolute Gasteiger partial charge is 0.223 e. The van der Waals surface area contributed by atoms with Crippen LogP contribution in [0.25, 0.3) is 0 Å².